The predicted octanol–water partition coefficient (Wildman–Crippen LogP) is 4.64. The van der Waals surface area contributed by atoms with E-state index in [0.717, 1.165) is 17.8 Å². The Morgan fingerprint density at radius 2 is 1.44 bits per heavy atom. The molecule has 0 radical (unpaired) electrons. The van der Waals surface area contributed by atoms with Crippen LogP contribution in [0.4, 0.5) is 0 Å². The van der Waals surface area contributed by atoms with E-state index < -0.39 is 0 Å². The van der Waals surface area contributed by atoms with Gasteiger partial charge in [0, 0.05) is 0 Å². The molecule has 3 atom stereocenters. The van der Waals surface area contributed by atoms with Crippen molar-refractivity contribution in [3.8, 4) is 0 Å². The van der Waals surface area contributed by atoms with Gasteiger partial charge in [-0.05, 0) is 68.1 Å². The lowest BCUT2D eigenvalue weighted by Gasteiger charge is -2.38. The average molecular weight is 252 g/mol. The van der Waals surface area contributed by atoms with Crippen LogP contribution >= 0.6 is 0 Å². The van der Waals surface area contributed by atoms with Crippen LogP contribution in [0.5, 0.6) is 0 Å². The Morgan fingerprint density at radius 1 is 0.833 bits per heavy atom. The smallest absolute Gasteiger partial charge is 0.0596 e. The summed E-state index contributed by atoms with van der Waals surface area (Å²) in [6.45, 7) is 7.06. The summed E-state index contributed by atoms with van der Waals surface area (Å²) in [4.78, 5) is 0. The summed E-state index contributed by atoms with van der Waals surface area (Å²) in [6, 6.07) is 0. The highest BCUT2D eigenvalue weighted by Crippen LogP contribution is 2.40. The molecule has 0 aromatic rings. The highest BCUT2D eigenvalue weighted by atomic mass is 16.3. The van der Waals surface area contributed by atoms with E-state index in [0.29, 0.717) is 11.8 Å². The van der Waals surface area contributed by atoms with Crippen molar-refractivity contribution in [2.75, 3.05) is 0 Å². The third-order valence-electron chi connectivity index (χ3n) is 5.70. The Balaban J connectivity index is 1.81. The zero-order valence-corrected chi connectivity index (χ0v) is 12.6. The van der Waals surface area contributed by atoms with Crippen molar-refractivity contribution in [1.82, 2.24) is 0 Å². The molecule has 1 heteroatoms. The van der Waals surface area contributed by atoms with Gasteiger partial charge in [-0.25, -0.2) is 0 Å². The van der Waals surface area contributed by atoms with E-state index in [9.17, 15) is 5.11 Å². The second-order valence-corrected chi connectivity index (χ2v) is 7.44. The molecule has 0 spiro atoms. The lowest BCUT2D eigenvalue weighted by molar-refractivity contribution is 0.00189. The van der Waals surface area contributed by atoms with Gasteiger partial charge in [-0.3, -0.25) is 0 Å². The minimum Gasteiger partial charge on any atom is -0.393 e. The zero-order valence-electron chi connectivity index (χ0n) is 12.6. The fourth-order valence-electron chi connectivity index (χ4n) is 4.33. The molecular formula is C17H32O. The molecule has 2 aliphatic rings. The van der Waals surface area contributed by atoms with Crippen LogP contribution in [-0.4, -0.2) is 11.2 Å². The lowest BCUT2D eigenvalue weighted by atomic mass is 9.70. The lowest BCUT2D eigenvalue weighted by Crippen LogP contribution is -2.35. The SMILES string of the molecule is CC1CCCC(C(O)C2CCC(C(C)C)CC2)C1. The first-order valence-electron chi connectivity index (χ1n) is 8.26. The van der Waals surface area contributed by atoms with Gasteiger partial charge in [0.25, 0.3) is 0 Å². The molecule has 3 unspecified atom stereocenters. The molecule has 2 saturated carbocycles. The number of hydrogen-bond acceptors (Lipinski definition) is 1. The quantitative estimate of drug-likeness (QED) is 0.776. The maximum absolute atomic E-state index is 10.6. The van der Waals surface area contributed by atoms with Crippen molar-refractivity contribution >= 4 is 0 Å². The Kier molecular flexibility index (Phi) is 5.12. The van der Waals surface area contributed by atoms with Crippen LogP contribution in [0, 0.1) is 29.6 Å². The molecule has 0 amide bonds. The first kappa shape index (κ1) is 14.4. The van der Waals surface area contributed by atoms with E-state index >= 15 is 0 Å². The minimum absolute atomic E-state index is 0.000798. The van der Waals surface area contributed by atoms with Crippen molar-refractivity contribution in [3.63, 3.8) is 0 Å². The van der Waals surface area contributed by atoms with Crippen LogP contribution in [-0.2, 0) is 0 Å². The highest BCUT2D eigenvalue weighted by Gasteiger charge is 2.33. The topological polar surface area (TPSA) is 20.2 Å². The summed E-state index contributed by atoms with van der Waals surface area (Å²) in [6.07, 6.45) is 10.5. The molecule has 2 rings (SSSR count). The average Bonchev–Trinajstić information content (AvgIpc) is 2.38. The molecule has 1 N–H and O–H groups in total. The maximum atomic E-state index is 10.6. The summed E-state index contributed by atoms with van der Waals surface area (Å²) in [5.41, 5.74) is 0. The molecule has 18 heavy (non-hydrogen) atoms. The zero-order chi connectivity index (χ0) is 13.1. The van der Waals surface area contributed by atoms with E-state index in [1.54, 1.807) is 0 Å². The molecule has 0 aromatic carbocycles. The second kappa shape index (κ2) is 6.41. The molecule has 2 aliphatic carbocycles. The third-order valence-corrected chi connectivity index (χ3v) is 5.70. The first-order chi connectivity index (χ1) is 8.58. The third kappa shape index (κ3) is 3.50. The van der Waals surface area contributed by atoms with Crippen molar-refractivity contribution in [1.29, 1.82) is 0 Å². The highest BCUT2D eigenvalue weighted by molar-refractivity contribution is 4.84. The van der Waals surface area contributed by atoms with Crippen molar-refractivity contribution in [2.45, 2.75) is 78.2 Å². The van der Waals surface area contributed by atoms with Gasteiger partial charge in [0.15, 0.2) is 0 Å². The summed E-state index contributed by atoms with van der Waals surface area (Å²) >= 11 is 0. The number of rotatable bonds is 3. The van der Waals surface area contributed by atoms with Crippen LogP contribution in [0.15, 0.2) is 0 Å². The van der Waals surface area contributed by atoms with Crippen LogP contribution < -0.4 is 0 Å². The fourth-order valence-corrected chi connectivity index (χ4v) is 4.33. The fraction of sp³-hybridized carbons (Fsp3) is 1.00. The number of aliphatic hydroxyl groups is 1. The van der Waals surface area contributed by atoms with Gasteiger partial charge >= 0.3 is 0 Å². The first-order valence-corrected chi connectivity index (χ1v) is 8.26. The summed E-state index contributed by atoms with van der Waals surface area (Å²) in [7, 11) is 0. The van der Waals surface area contributed by atoms with Gasteiger partial charge in [0.2, 0.25) is 0 Å². The molecule has 0 bridgehead atoms. The summed E-state index contributed by atoms with van der Waals surface area (Å²) in [5.74, 6) is 3.80. The standard InChI is InChI=1S/C17H32O/c1-12(2)14-7-9-15(10-8-14)17(18)16-6-4-5-13(3)11-16/h12-18H,4-11H2,1-3H3. The van der Waals surface area contributed by atoms with E-state index in [4.69, 9.17) is 0 Å². The molecule has 0 aromatic heterocycles. The Morgan fingerprint density at radius 3 is 2.00 bits per heavy atom. The van der Waals surface area contributed by atoms with Gasteiger partial charge in [-0.1, -0.05) is 33.6 Å². The monoisotopic (exact) mass is 252 g/mol. The molecular weight excluding hydrogens is 220 g/mol. The maximum Gasteiger partial charge on any atom is 0.0596 e. The Labute approximate surface area is 113 Å². The van der Waals surface area contributed by atoms with Crippen molar-refractivity contribution in [3.05, 3.63) is 0 Å². The van der Waals surface area contributed by atoms with Crippen LogP contribution in [0.25, 0.3) is 0 Å². The largest absolute Gasteiger partial charge is 0.393 e. The molecule has 106 valence electrons. The molecule has 0 heterocycles. The van der Waals surface area contributed by atoms with Crippen molar-refractivity contribution in [2.24, 2.45) is 29.6 Å². The Hall–Kier alpha value is -0.0400. The van der Waals surface area contributed by atoms with E-state index in [2.05, 4.69) is 20.8 Å². The normalized spacial score (nSPS) is 39.8. The van der Waals surface area contributed by atoms with Gasteiger partial charge < -0.3 is 5.11 Å². The van der Waals surface area contributed by atoms with Crippen molar-refractivity contribution < 1.29 is 5.11 Å². The Bertz CT molecular complexity index is 240. The van der Waals surface area contributed by atoms with E-state index in [1.165, 1.54) is 51.4 Å². The van der Waals surface area contributed by atoms with Gasteiger partial charge in [-0.2, -0.15) is 0 Å². The van der Waals surface area contributed by atoms with Gasteiger partial charge in [0.1, 0.15) is 0 Å². The van der Waals surface area contributed by atoms with E-state index in [1.807, 2.05) is 0 Å². The number of hydrogen-bond donors (Lipinski definition) is 1. The van der Waals surface area contributed by atoms with Gasteiger partial charge in [0.05, 0.1) is 6.10 Å². The van der Waals surface area contributed by atoms with Crippen LogP contribution in [0.2, 0.25) is 0 Å². The van der Waals surface area contributed by atoms with Crippen LogP contribution in [0.1, 0.15) is 72.1 Å². The summed E-state index contributed by atoms with van der Waals surface area (Å²) < 4.78 is 0. The molecule has 2 fully saturated rings. The second-order valence-electron chi connectivity index (χ2n) is 7.44. The minimum atomic E-state index is 0.000798. The molecule has 0 saturated heterocycles. The molecule has 1 nitrogen and oxygen atoms in total. The summed E-state index contributed by atoms with van der Waals surface area (Å²) in [5, 5.41) is 10.6. The molecule has 0 aliphatic heterocycles. The van der Waals surface area contributed by atoms with E-state index in [-0.39, 0.29) is 6.10 Å². The van der Waals surface area contributed by atoms with Gasteiger partial charge in [-0.15, -0.1) is 0 Å². The predicted molar refractivity (Wildman–Crippen MR) is 77.4 cm³/mol. The van der Waals surface area contributed by atoms with Crippen LogP contribution in [0.3, 0.4) is 0 Å². The number of aliphatic hydroxyl groups excluding tert-OH is 1.